The molecule has 1 amide bonds. The summed E-state index contributed by atoms with van der Waals surface area (Å²) in [6.45, 7) is 1.56. The van der Waals surface area contributed by atoms with Crippen molar-refractivity contribution in [3.63, 3.8) is 0 Å². The number of aryl methyl sites for hydroxylation is 1. The molecule has 45 heavy (non-hydrogen) atoms. The summed E-state index contributed by atoms with van der Waals surface area (Å²) in [5.41, 5.74) is 4.39. The highest BCUT2D eigenvalue weighted by molar-refractivity contribution is 7.22. The summed E-state index contributed by atoms with van der Waals surface area (Å²) < 4.78 is 8.57. The molecular weight excluding hydrogens is 611 g/mol. The smallest absolute Gasteiger partial charge is 0.355 e. The van der Waals surface area contributed by atoms with Gasteiger partial charge in [-0.3, -0.25) is 10.1 Å². The molecular formula is C32H27N7O4S2. The SMILES string of the molecule is O=C(Nc1nc2ccccc2s1)c1cccc2c1CN(c1nc(C(=O)O)c(CCCOc3ccc(-n4cncn4)cc3)s1)CC2. The summed E-state index contributed by atoms with van der Waals surface area (Å²) >= 11 is 2.83. The highest BCUT2D eigenvalue weighted by atomic mass is 32.1. The molecule has 4 heterocycles. The Morgan fingerprint density at radius 3 is 2.67 bits per heavy atom. The third-order valence-corrected chi connectivity index (χ3v) is 9.66. The number of anilines is 2. The van der Waals surface area contributed by atoms with Crippen molar-refractivity contribution >= 4 is 55.0 Å². The van der Waals surface area contributed by atoms with Crippen molar-refractivity contribution in [1.29, 1.82) is 0 Å². The van der Waals surface area contributed by atoms with Crippen LogP contribution in [0.2, 0.25) is 0 Å². The zero-order valence-corrected chi connectivity index (χ0v) is 25.6. The second kappa shape index (κ2) is 12.5. The Bertz CT molecular complexity index is 1950. The molecule has 13 heteroatoms. The third-order valence-electron chi connectivity index (χ3n) is 7.53. The van der Waals surface area contributed by atoms with E-state index < -0.39 is 5.97 Å². The van der Waals surface area contributed by atoms with E-state index in [4.69, 9.17) is 4.74 Å². The van der Waals surface area contributed by atoms with Crippen molar-refractivity contribution in [2.45, 2.75) is 25.8 Å². The molecule has 1 aliphatic heterocycles. The van der Waals surface area contributed by atoms with Gasteiger partial charge in [0, 0.05) is 23.5 Å². The van der Waals surface area contributed by atoms with Crippen LogP contribution in [0.25, 0.3) is 15.9 Å². The molecule has 0 spiro atoms. The van der Waals surface area contributed by atoms with Gasteiger partial charge in [0.15, 0.2) is 16.0 Å². The van der Waals surface area contributed by atoms with E-state index in [0.717, 1.165) is 39.2 Å². The number of hydrogen-bond donors (Lipinski definition) is 2. The highest BCUT2D eigenvalue weighted by Gasteiger charge is 2.26. The van der Waals surface area contributed by atoms with Gasteiger partial charge >= 0.3 is 5.97 Å². The molecule has 7 rings (SSSR count). The summed E-state index contributed by atoms with van der Waals surface area (Å²) in [7, 11) is 0. The minimum Gasteiger partial charge on any atom is -0.494 e. The molecule has 6 aromatic rings. The van der Waals surface area contributed by atoms with Gasteiger partial charge in [-0.15, -0.1) is 11.3 Å². The maximum absolute atomic E-state index is 13.4. The first-order valence-corrected chi connectivity index (χ1v) is 16.0. The lowest BCUT2D eigenvalue weighted by molar-refractivity contribution is 0.0690. The number of carbonyl (C=O) groups excluding carboxylic acids is 1. The first-order valence-electron chi connectivity index (χ1n) is 14.4. The minimum absolute atomic E-state index is 0.0693. The number of thiazole rings is 2. The van der Waals surface area contributed by atoms with E-state index in [-0.39, 0.29) is 11.6 Å². The van der Waals surface area contributed by atoms with Crippen molar-refractivity contribution in [2.24, 2.45) is 0 Å². The number of carboxylic acid groups (broad SMARTS) is 1. The largest absolute Gasteiger partial charge is 0.494 e. The number of amides is 1. The van der Waals surface area contributed by atoms with E-state index in [1.807, 2.05) is 66.7 Å². The molecule has 0 radical (unpaired) electrons. The van der Waals surface area contributed by atoms with E-state index in [0.29, 0.717) is 53.2 Å². The number of aromatic nitrogens is 5. The molecule has 0 fully saturated rings. The summed E-state index contributed by atoms with van der Waals surface area (Å²) in [4.78, 5) is 41.3. The molecule has 0 atom stereocenters. The van der Waals surface area contributed by atoms with E-state index in [2.05, 4.69) is 30.3 Å². The van der Waals surface area contributed by atoms with Gasteiger partial charge in [-0.25, -0.2) is 24.4 Å². The van der Waals surface area contributed by atoms with Gasteiger partial charge in [-0.1, -0.05) is 35.6 Å². The van der Waals surface area contributed by atoms with Gasteiger partial charge < -0.3 is 14.7 Å². The van der Waals surface area contributed by atoms with E-state index >= 15 is 0 Å². The fourth-order valence-corrected chi connectivity index (χ4v) is 7.30. The van der Waals surface area contributed by atoms with Gasteiger partial charge in [0.05, 0.1) is 22.5 Å². The Kier molecular flexibility index (Phi) is 7.92. The topological polar surface area (TPSA) is 135 Å². The third kappa shape index (κ3) is 6.12. The summed E-state index contributed by atoms with van der Waals surface area (Å²) in [5.74, 6) is -0.547. The van der Waals surface area contributed by atoms with Crippen LogP contribution in [-0.2, 0) is 19.4 Å². The Hall–Kier alpha value is -5.14. The number of carboxylic acids is 1. The van der Waals surface area contributed by atoms with Crippen molar-refractivity contribution < 1.29 is 19.4 Å². The highest BCUT2D eigenvalue weighted by Crippen LogP contribution is 2.33. The Labute approximate surface area is 265 Å². The number of nitrogens with one attached hydrogen (secondary N) is 1. The first kappa shape index (κ1) is 28.6. The zero-order valence-electron chi connectivity index (χ0n) is 23.9. The number of rotatable bonds is 10. The van der Waals surface area contributed by atoms with E-state index in [1.165, 1.54) is 29.0 Å². The van der Waals surface area contributed by atoms with Crippen molar-refractivity contribution in [2.75, 3.05) is 23.4 Å². The van der Waals surface area contributed by atoms with Crippen LogP contribution in [0.5, 0.6) is 5.75 Å². The van der Waals surface area contributed by atoms with Gasteiger partial charge in [0.25, 0.3) is 5.91 Å². The second-order valence-corrected chi connectivity index (χ2v) is 12.5. The van der Waals surface area contributed by atoms with Gasteiger partial charge in [-0.05, 0) is 72.9 Å². The number of nitrogens with zero attached hydrogens (tertiary/aromatic N) is 6. The number of benzene rings is 3. The molecule has 2 N–H and O–H groups in total. The predicted octanol–water partition coefficient (Wildman–Crippen LogP) is 5.86. The van der Waals surface area contributed by atoms with Crippen molar-refractivity contribution in [1.82, 2.24) is 24.7 Å². The number of para-hydroxylation sites is 1. The lowest BCUT2D eigenvalue weighted by Gasteiger charge is -2.29. The maximum atomic E-state index is 13.4. The van der Waals surface area contributed by atoms with Crippen LogP contribution in [0, 0.1) is 0 Å². The molecule has 0 aliphatic carbocycles. The molecule has 226 valence electrons. The Balaban J connectivity index is 1.01. The van der Waals surface area contributed by atoms with Crippen molar-refractivity contribution in [3.05, 3.63) is 107 Å². The standard InChI is InChI=1S/C32H27N7O4S2/c40-29(37-31-35-25-7-1-2-8-26(25)44-31)23-6-3-5-20-14-15-38(17-24(20)23)32-36-28(30(41)42)27(45-32)9-4-16-43-22-12-10-21(11-13-22)39-19-33-18-34-39/h1-3,5-8,10-13,18-19H,4,9,14-17H2,(H,41,42)(H,35,37,40). The molecule has 3 aromatic carbocycles. The lowest BCUT2D eigenvalue weighted by atomic mass is 9.94. The minimum atomic E-state index is -1.05. The number of aromatic carboxylic acids is 1. The Morgan fingerprint density at radius 1 is 1.00 bits per heavy atom. The number of fused-ring (bicyclic) bond motifs is 2. The zero-order chi connectivity index (χ0) is 30.8. The van der Waals surface area contributed by atoms with Crippen LogP contribution in [0.15, 0.2) is 79.4 Å². The van der Waals surface area contributed by atoms with Crippen LogP contribution >= 0.6 is 22.7 Å². The number of hydrogen-bond acceptors (Lipinski definition) is 10. The number of carbonyl (C=O) groups is 2. The van der Waals surface area contributed by atoms with Crippen LogP contribution in [0.1, 0.15) is 43.3 Å². The first-order chi connectivity index (χ1) is 22.0. The molecule has 0 saturated heterocycles. The maximum Gasteiger partial charge on any atom is 0.355 e. The van der Waals surface area contributed by atoms with Crippen LogP contribution in [0.3, 0.4) is 0 Å². The quantitative estimate of drug-likeness (QED) is 0.177. The van der Waals surface area contributed by atoms with Gasteiger partial charge in [0.1, 0.15) is 18.4 Å². The Morgan fingerprint density at radius 2 is 1.87 bits per heavy atom. The average molecular weight is 638 g/mol. The monoisotopic (exact) mass is 637 g/mol. The van der Waals surface area contributed by atoms with Crippen LogP contribution < -0.4 is 15.0 Å². The summed E-state index contributed by atoms with van der Waals surface area (Å²) in [6, 6.07) is 21.1. The molecule has 0 bridgehead atoms. The summed E-state index contributed by atoms with van der Waals surface area (Å²) in [6.07, 6.45) is 4.98. The van der Waals surface area contributed by atoms with Gasteiger partial charge in [-0.2, -0.15) is 5.10 Å². The normalized spacial score (nSPS) is 12.7. The molecule has 3 aromatic heterocycles. The average Bonchev–Trinajstić information content (AvgIpc) is 3.83. The molecule has 0 unspecified atom stereocenters. The van der Waals surface area contributed by atoms with Crippen LogP contribution in [0.4, 0.5) is 10.3 Å². The second-order valence-electron chi connectivity index (χ2n) is 10.4. The van der Waals surface area contributed by atoms with E-state index in [1.54, 1.807) is 11.0 Å². The fraction of sp³-hybridized carbons (Fsp3) is 0.188. The lowest BCUT2D eigenvalue weighted by Crippen LogP contribution is -2.32. The number of ether oxygens (including phenoxy) is 1. The van der Waals surface area contributed by atoms with Crippen LogP contribution in [-0.4, -0.2) is 54.9 Å². The summed E-state index contributed by atoms with van der Waals surface area (Å²) in [5, 5.41) is 18.2. The molecule has 1 aliphatic rings. The predicted molar refractivity (Wildman–Crippen MR) is 173 cm³/mol. The van der Waals surface area contributed by atoms with Gasteiger partial charge in [0.2, 0.25) is 0 Å². The van der Waals surface area contributed by atoms with E-state index in [9.17, 15) is 14.7 Å². The molecule has 0 saturated carbocycles. The fourth-order valence-electron chi connectivity index (χ4n) is 5.32. The molecule has 11 nitrogen and oxygen atoms in total. The van der Waals surface area contributed by atoms with Crippen molar-refractivity contribution in [3.8, 4) is 11.4 Å².